The maximum absolute atomic E-state index is 12.0. The lowest BCUT2D eigenvalue weighted by molar-refractivity contribution is 0.395. The molecule has 1 aromatic carbocycles. The van der Waals surface area contributed by atoms with Crippen molar-refractivity contribution < 1.29 is 5.11 Å². The summed E-state index contributed by atoms with van der Waals surface area (Å²) in [6.07, 6.45) is 3.15. The Balaban J connectivity index is 2.11. The van der Waals surface area contributed by atoms with E-state index in [0.717, 1.165) is 19.3 Å². The number of hydrogen-bond donors (Lipinski definition) is 2. The molecule has 1 aromatic heterocycles. The van der Waals surface area contributed by atoms with Gasteiger partial charge in [0.2, 0.25) is 5.88 Å². The highest BCUT2D eigenvalue weighted by atomic mass is 35.5. The fourth-order valence-electron chi connectivity index (χ4n) is 2.39. The van der Waals surface area contributed by atoms with Gasteiger partial charge in [-0.15, -0.1) is 0 Å². The fourth-order valence-corrected chi connectivity index (χ4v) is 2.62. The Morgan fingerprint density at radius 3 is 2.67 bits per heavy atom. The molecule has 5 nitrogen and oxygen atoms in total. The molecule has 6 heteroatoms. The van der Waals surface area contributed by atoms with Crippen molar-refractivity contribution in [2.24, 2.45) is 5.92 Å². The van der Waals surface area contributed by atoms with E-state index in [9.17, 15) is 14.7 Å². The van der Waals surface area contributed by atoms with Gasteiger partial charge in [-0.3, -0.25) is 14.3 Å². The lowest BCUT2D eigenvalue weighted by atomic mass is 10.1. The van der Waals surface area contributed by atoms with Crippen LogP contribution in [0.25, 0.3) is 11.1 Å². The van der Waals surface area contributed by atoms with Crippen molar-refractivity contribution in [2.45, 2.75) is 25.8 Å². The quantitative estimate of drug-likeness (QED) is 0.910. The van der Waals surface area contributed by atoms with Gasteiger partial charge in [0.1, 0.15) is 5.56 Å². The summed E-state index contributed by atoms with van der Waals surface area (Å²) in [4.78, 5) is 26.2. The van der Waals surface area contributed by atoms with E-state index < -0.39 is 11.2 Å². The molecule has 0 amide bonds. The summed E-state index contributed by atoms with van der Waals surface area (Å²) >= 11 is 6.08. The number of H-pyrrole nitrogens is 1. The van der Waals surface area contributed by atoms with Crippen molar-refractivity contribution in [2.75, 3.05) is 0 Å². The molecule has 1 heterocycles. The van der Waals surface area contributed by atoms with E-state index in [1.807, 2.05) is 0 Å². The van der Waals surface area contributed by atoms with Crippen molar-refractivity contribution in [1.29, 1.82) is 0 Å². The summed E-state index contributed by atoms with van der Waals surface area (Å²) in [5, 5.41) is 10.7. The van der Waals surface area contributed by atoms with Gasteiger partial charge in [0.15, 0.2) is 0 Å². The summed E-state index contributed by atoms with van der Waals surface area (Å²) in [6.45, 7) is 0.392. The molecule has 3 rings (SSSR count). The average molecular weight is 307 g/mol. The number of rotatable bonds is 4. The van der Waals surface area contributed by atoms with Crippen LogP contribution in [0.3, 0.4) is 0 Å². The van der Waals surface area contributed by atoms with Gasteiger partial charge >= 0.3 is 5.69 Å². The first-order valence-corrected chi connectivity index (χ1v) is 7.26. The molecule has 1 fully saturated rings. The van der Waals surface area contributed by atoms with Crippen LogP contribution >= 0.6 is 11.6 Å². The molecule has 0 bridgehead atoms. The van der Waals surface area contributed by atoms with Gasteiger partial charge in [0.05, 0.1) is 0 Å². The predicted molar refractivity (Wildman–Crippen MR) is 80.8 cm³/mol. The van der Waals surface area contributed by atoms with E-state index in [1.165, 1.54) is 4.57 Å². The average Bonchev–Trinajstić information content (AvgIpc) is 3.24. The fraction of sp³-hybridized carbons (Fsp3) is 0.333. The Bertz CT molecular complexity index is 790. The third-order valence-corrected chi connectivity index (χ3v) is 4.10. The zero-order chi connectivity index (χ0) is 15.0. The standard InChI is InChI=1S/C15H15ClN2O3/c16-11-4-2-1-3-10(11)12-13(19)17-15(21)18(14(12)20)8-7-9-5-6-9/h1-4,9,20H,5-8H2,(H,17,19,21). The highest BCUT2D eigenvalue weighted by Gasteiger charge is 2.23. The van der Waals surface area contributed by atoms with Crippen molar-refractivity contribution >= 4 is 11.6 Å². The maximum Gasteiger partial charge on any atom is 0.331 e. The molecule has 0 atom stereocenters. The smallest absolute Gasteiger partial charge is 0.331 e. The molecular weight excluding hydrogens is 292 g/mol. The Morgan fingerprint density at radius 2 is 2.00 bits per heavy atom. The first-order valence-electron chi connectivity index (χ1n) is 6.89. The van der Waals surface area contributed by atoms with Crippen LogP contribution in [0.4, 0.5) is 0 Å². The second-order valence-corrected chi connectivity index (χ2v) is 5.73. The van der Waals surface area contributed by atoms with E-state index in [2.05, 4.69) is 4.98 Å². The molecule has 1 aliphatic carbocycles. The molecule has 1 saturated carbocycles. The van der Waals surface area contributed by atoms with Crippen LogP contribution in [0.5, 0.6) is 5.88 Å². The molecule has 0 saturated heterocycles. The van der Waals surface area contributed by atoms with E-state index in [-0.39, 0.29) is 11.4 Å². The lowest BCUT2D eigenvalue weighted by Crippen LogP contribution is -2.31. The van der Waals surface area contributed by atoms with E-state index in [1.54, 1.807) is 24.3 Å². The molecule has 21 heavy (non-hydrogen) atoms. The first kappa shape index (κ1) is 13.9. The lowest BCUT2D eigenvalue weighted by Gasteiger charge is -2.12. The van der Waals surface area contributed by atoms with Gasteiger partial charge < -0.3 is 5.11 Å². The zero-order valence-corrected chi connectivity index (χ0v) is 12.1. The molecule has 0 radical (unpaired) electrons. The summed E-state index contributed by atoms with van der Waals surface area (Å²) in [7, 11) is 0. The molecular formula is C15H15ClN2O3. The Kier molecular flexibility index (Phi) is 3.59. The van der Waals surface area contributed by atoms with E-state index in [0.29, 0.717) is 23.0 Å². The van der Waals surface area contributed by atoms with Crippen molar-refractivity contribution in [3.63, 3.8) is 0 Å². The highest BCUT2D eigenvalue weighted by molar-refractivity contribution is 6.33. The van der Waals surface area contributed by atoms with Crippen LogP contribution in [-0.2, 0) is 6.54 Å². The Labute approximate surface area is 125 Å². The van der Waals surface area contributed by atoms with Crippen LogP contribution in [0.1, 0.15) is 19.3 Å². The second-order valence-electron chi connectivity index (χ2n) is 5.32. The summed E-state index contributed by atoms with van der Waals surface area (Å²) < 4.78 is 1.21. The number of nitrogens with zero attached hydrogens (tertiary/aromatic N) is 1. The minimum Gasteiger partial charge on any atom is -0.494 e. The van der Waals surface area contributed by atoms with Gasteiger partial charge in [-0.05, 0) is 18.4 Å². The van der Waals surface area contributed by atoms with Gasteiger partial charge in [0.25, 0.3) is 5.56 Å². The van der Waals surface area contributed by atoms with E-state index in [4.69, 9.17) is 11.6 Å². The van der Waals surface area contributed by atoms with Crippen molar-refractivity contribution in [3.8, 4) is 17.0 Å². The summed E-state index contributed by atoms with van der Waals surface area (Å²) in [5.74, 6) is 0.296. The maximum atomic E-state index is 12.0. The molecule has 0 unspecified atom stereocenters. The van der Waals surface area contributed by atoms with Gasteiger partial charge in [-0.25, -0.2) is 4.79 Å². The zero-order valence-electron chi connectivity index (χ0n) is 11.3. The van der Waals surface area contributed by atoms with Gasteiger partial charge in [0, 0.05) is 17.1 Å². The monoisotopic (exact) mass is 306 g/mol. The topological polar surface area (TPSA) is 75.1 Å². The summed E-state index contributed by atoms with van der Waals surface area (Å²) in [6, 6.07) is 6.73. The minimum absolute atomic E-state index is 0.0380. The molecule has 1 aliphatic rings. The predicted octanol–water partition coefficient (Wildman–Crippen LogP) is 2.36. The third-order valence-electron chi connectivity index (χ3n) is 3.77. The Hall–Kier alpha value is -2.01. The van der Waals surface area contributed by atoms with E-state index >= 15 is 0 Å². The van der Waals surface area contributed by atoms with Crippen LogP contribution < -0.4 is 11.2 Å². The number of aromatic nitrogens is 2. The van der Waals surface area contributed by atoms with Crippen molar-refractivity contribution in [3.05, 3.63) is 50.1 Å². The molecule has 110 valence electrons. The minimum atomic E-state index is -0.631. The van der Waals surface area contributed by atoms with Crippen LogP contribution in [0.2, 0.25) is 5.02 Å². The summed E-state index contributed by atoms with van der Waals surface area (Å²) in [5.41, 5.74) is -0.767. The van der Waals surface area contributed by atoms with Gasteiger partial charge in [-0.1, -0.05) is 42.6 Å². The largest absolute Gasteiger partial charge is 0.494 e. The second kappa shape index (κ2) is 5.41. The number of halogens is 1. The number of aromatic hydroxyl groups is 1. The van der Waals surface area contributed by atoms with Crippen LogP contribution in [-0.4, -0.2) is 14.7 Å². The number of benzene rings is 1. The number of nitrogens with one attached hydrogen (secondary N) is 1. The number of hydrogen-bond acceptors (Lipinski definition) is 3. The highest BCUT2D eigenvalue weighted by Crippen LogP contribution is 2.34. The van der Waals surface area contributed by atoms with Crippen LogP contribution in [0, 0.1) is 5.92 Å². The molecule has 2 N–H and O–H groups in total. The molecule has 0 spiro atoms. The van der Waals surface area contributed by atoms with Crippen LogP contribution in [0.15, 0.2) is 33.9 Å². The SMILES string of the molecule is O=c1[nH]c(=O)n(CCC2CC2)c(O)c1-c1ccccc1Cl. The number of aromatic amines is 1. The molecule has 2 aromatic rings. The normalized spacial score (nSPS) is 14.3. The van der Waals surface area contributed by atoms with Gasteiger partial charge in [-0.2, -0.15) is 0 Å². The first-order chi connectivity index (χ1) is 10.1. The third kappa shape index (κ3) is 2.74. The van der Waals surface area contributed by atoms with Crippen molar-refractivity contribution in [1.82, 2.24) is 9.55 Å². The Morgan fingerprint density at radius 1 is 1.29 bits per heavy atom. The molecule has 0 aliphatic heterocycles.